The van der Waals surface area contributed by atoms with Gasteiger partial charge in [0.15, 0.2) is 5.11 Å². The van der Waals surface area contributed by atoms with Crippen LogP contribution >= 0.6 is 23.8 Å². The maximum absolute atomic E-state index is 12.8. The van der Waals surface area contributed by atoms with Gasteiger partial charge in [-0.3, -0.25) is 10.1 Å². The van der Waals surface area contributed by atoms with E-state index in [1.54, 1.807) is 24.3 Å². The van der Waals surface area contributed by atoms with Crippen LogP contribution in [0.2, 0.25) is 5.02 Å². The zero-order valence-corrected chi connectivity index (χ0v) is 15.1. The standard InChI is InChI=1S/C17H14ClF3N2O2S/c1-2-25-12-6-3-10(4-7-12)15(24)23-16(26)22-14-9-11(17(19,20)21)5-8-13(14)18/h3-9H,2H2,1H3,(H2,22,23,24,26). The van der Waals surface area contributed by atoms with Crippen LogP contribution in [0.15, 0.2) is 42.5 Å². The van der Waals surface area contributed by atoms with Gasteiger partial charge in [-0.1, -0.05) is 11.6 Å². The summed E-state index contributed by atoms with van der Waals surface area (Å²) in [4.78, 5) is 12.1. The smallest absolute Gasteiger partial charge is 0.416 e. The lowest BCUT2D eigenvalue weighted by Gasteiger charge is -2.13. The predicted molar refractivity (Wildman–Crippen MR) is 97.8 cm³/mol. The van der Waals surface area contributed by atoms with Crippen molar-refractivity contribution in [2.75, 3.05) is 11.9 Å². The zero-order valence-electron chi connectivity index (χ0n) is 13.5. The summed E-state index contributed by atoms with van der Waals surface area (Å²) in [5, 5.41) is 4.74. The van der Waals surface area contributed by atoms with E-state index in [0.717, 1.165) is 18.2 Å². The summed E-state index contributed by atoms with van der Waals surface area (Å²) in [6.07, 6.45) is -4.52. The van der Waals surface area contributed by atoms with Crippen LogP contribution in [-0.2, 0) is 6.18 Å². The Kier molecular flexibility index (Phi) is 6.44. The van der Waals surface area contributed by atoms with Crippen molar-refractivity contribution in [3.05, 3.63) is 58.6 Å². The van der Waals surface area contributed by atoms with Crippen molar-refractivity contribution in [2.45, 2.75) is 13.1 Å². The molecular weight excluding hydrogens is 389 g/mol. The molecule has 0 radical (unpaired) electrons. The molecule has 0 aliphatic carbocycles. The Morgan fingerprint density at radius 3 is 2.42 bits per heavy atom. The number of thiocarbonyl (C=S) groups is 1. The fourth-order valence-corrected chi connectivity index (χ4v) is 2.36. The Hall–Kier alpha value is -2.32. The van der Waals surface area contributed by atoms with E-state index in [9.17, 15) is 18.0 Å². The number of nitrogens with one attached hydrogen (secondary N) is 2. The summed E-state index contributed by atoms with van der Waals surface area (Å²) in [5.74, 6) is 0.0918. The maximum Gasteiger partial charge on any atom is 0.416 e. The molecule has 0 unspecified atom stereocenters. The summed E-state index contributed by atoms with van der Waals surface area (Å²) in [6, 6.07) is 9.11. The van der Waals surface area contributed by atoms with Crippen LogP contribution in [-0.4, -0.2) is 17.6 Å². The minimum absolute atomic E-state index is 0.0377. The molecule has 0 fully saturated rings. The van der Waals surface area contributed by atoms with Crippen LogP contribution in [0, 0.1) is 0 Å². The summed E-state index contributed by atoms with van der Waals surface area (Å²) in [6.45, 7) is 2.33. The molecule has 138 valence electrons. The van der Waals surface area contributed by atoms with E-state index >= 15 is 0 Å². The number of halogens is 4. The number of carbonyl (C=O) groups excluding carboxylic acids is 1. The van der Waals surface area contributed by atoms with Crippen molar-refractivity contribution in [3.8, 4) is 5.75 Å². The van der Waals surface area contributed by atoms with Crippen molar-refractivity contribution in [2.24, 2.45) is 0 Å². The average Bonchev–Trinajstić information content (AvgIpc) is 2.56. The van der Waals surface area contributed by atoms with Gasteiger partial charge in [-0.15, -0.1) is 0 Å². The molecule has 0 saturated heterocycles. The molecule has 4 nitrogen and oxygen atoms in total. The Bertz CT molecular complexity index is 811. The van der Waals surface area contributed by atoms with Crippen LogP contribution in [0.3, 0.4) is 0 Å². The molecule has 0 aromatic heterocycles. The Morgan fingerprint density at radius 2 is 1.85 bits per heavy atom. The first-order valence-electron chi connectivity index (χ1n) is 7.42. The Balaban J connectivity index is 2.05. The summed E-state index contributed by atoms with van der Waals surface area (Å²) >= 11 is 10.8. The predicted octanol–water partition coefficient (Wildman–Crippen LogP) is 4.88. The highest BCUT2D eigenvalue weighted by atomic mass is 35.5. The highest BCUT2D eigenvalue weighted by Gasteiger charge is 2.31. The number of rotatable bonds is 4. The average molecular weight is 403 g/mol. The van der Waals surface area contributed by atoms with Crippen molar-refractivity contribution >= 4 is 40.5 Å². The molecule has 1 amide bonds. The first-order chi connectivity index (χ1) is 12.2. The summed E-state index contributed by atoms with van der Waals surface area (Å²) < 4.78 is 43.6. The van der Waals surface area contributed by atoms with Crippen LogP contribution in [0.5, 0.6) is 5.75 Å². The molecule has 0 atom stereocenters. The van der Waals surface area contributed by atoms with E-state index in [1.165, 1.54) is 0 Å². The number of anilines is 1. The van der Waals surface area contributed by atoms with Gasteiger partial charge in [-0.05, 0) is 61.6 Å². The molecule has 2 N–H and O–H groups in total. The minimum atomic E-state index is -4.52. The van der Waals surface area contributed by atoms with Crippen LogP contribution < -0.4 is 15.4 Å². The normalized spacial score (nSPS) is 11.0. The van der Waals surface area contributed by atoms with Crippen molar-refractivity contribution in [1.82, 2.24) is 5.32 Å². The molecule has 2 rings (SSSR count). The van der Waals surface area contributed by atoms with E-state index in [-0.39, 0.29) is 15.8 Å². The Morgan fingerprint density at radius 1 is 1.19 bits per heavy atom. The number of carbonyl (C=O) groups is 1. The third-order valence-corrected chi connectivity index (χ3v) is 3.73. The molecular formula is C17H14ClF3N2O2S. The second-order valence-corrected chi connectivity index (χ2v) is 5.87. The molecule has 0 bridgehead atoms. The van der Waals surface area contributed by atoms with E-state index < -0.39 is 17.6 Å². The molecule has 0 aliphatic rings. The third-order valence-electron chi connectivity index (χ3n) is 3.20. The topological polar surface area (TPSA) is 50.4 Å². The molecule has 26 heavy (non-hydrogen) atoms. The highest BCUT2D eigenvalue weighted by molar-refractivity contribution is 7.80. The number of amides is 1. The Labute approximate surface area is 158 Å². The molecule has 0 saturated carbocycles. The molecule has 2 aromatic rings. The van der Waals surface area contributed by atoms with Crippen LogP contribution in [0.4, 0.5) is 18.9 Å². The number of benzene rings is 2. The van der Waals surface area contributed by atoms with E-state index in [0.29, 0.717) is 17.9 Å². The fraction of sp³-hybridized carbons (Fsp3) is 0.176. The lowest BCUT2D eigenvalue weighted by Crippen LogP contribution is -2.34. The second-order valence-electron chi connectivity index (χ2n) is 5.06. The number of ether oxygens (including phenoxy) is 1. The van der Waals surface area contributed by atoms with Crippen LogP contribution in [0.1, 0.15) is 22.8 Å². The van der Waals surface area contributed by atoms with E-state index in [4.69, 9.17) is 28.6 Å². The van der Waals surface area contributed by atoms with Gasteiger partial charge in [0.25, 0.3) is 5.91 Å². The van der Waals surface area contributed by atoms with Gasteiger partial charge in [-0.25, -0.2) is 0 Å². The SMILES string of the molecule is CCOc1ccc(C(=O)NC(=S)Nc2cc(C(F)(F)F)ccc2Cl)cc1. The lowest BCUT2D eigenvalue weighted by molar-refractivity contribution is -0.137. The van der Waals surface area contributed by atoms with Crippen molar-refractivity contribution in [3.63, 3.8) is 0 Å². The van der Waals surface area contributed by atoms with Crippen molar-refractivity contribution < 1.29 is 22.7 Å². The van der Waals surface area contributed by atoms with Crippen LogP contribution in [0.25, 0.3) is 0 Å². The zero-order chi connectivity index (χ0) is 19.3. The highest BCUT2D eigenvalue weighted by Crippen LogP contribution is 2.33. The van der Waals surface area contributed by atoms with Gasteiger partial charge in [0.1, 0.15) is 5.75 Å². The monoisotopic (exact) mass is 402 g/mol. The van der Waals surface area contributed by atoms with Gasteiger partial charge < -0.3 is 10.1 Å². The molecule has 0 spiro atoms. The van der Waals surface area contributed by atoms with Gasteiger partial charge in [0.2, 0.25) is 0 Å². The quantitative estimate of drug-likeness (QED) is 0.715. The van der Waals surface area contributed by atoms with E-state index in [1.807, 2.05) is 6.92 Å². The minimum Gasteiger partial charge on any atom is -0.494 e. The summed E-state index contributed by atoms with van der Waals surface area (Å²) in [5.41, 5.74) is -0.628. The molecule has 2 aromatic carbocycles. The summed E-state index contributed by atoms with van der Waals surface area (Å²) in [7, 11) is 0. The fourth-order valence-electron chi connectivity index (χ4n) is 2.00. The maximum atomic E-state index is 12.8. The van der Waals surface area contributed by atoms with E-state index in [2.05, 4.69) is 10.6 Å². The molecule has 9 heteroatoms. The number of hydrogen-bond donors (Lipinski definition) is 2. The number of alkyl halides is 3. The molecule has 0 aliphatic heterocycles. The largest absolute Gasteiger partial charge is 0.494 e. The lowest BCUT2D eigenvalue weighted by atomic mass is 10.2. The van der Waals surface area contributed by atoms with Gasteiger partial charge in [0, 0.05) is 5.56 Å². The van der Waals surface area contributed by atoms with Gasteiger partial charge >= 0.3 is 6.18 Å². The van der Waals surface area contributed by atoms with Gasteiger partial charge in [-0.2, -0.15) is 13.2 Å². The first-order valence-corrected chi connectivity index (χ1v) is 8.21. The first kappa shape index (κ1) is 20.0. The number of hydrogen-bond acceptors (Lipinski definition) is 3. The third kappa shape index (κ3) is 5.34. The van der Waals surface area contributed by atoms with Gasteiger partial charge in [0.05, 0.1) is 22.9 Å². The van der Waals surface area contributed by atoms with Crippen molar-refractivity contribution in [1.29, 1.82) is 0 Å². The molecule has 0 heterocycles. The second kappa shape index (κ2) is 8.37.